The SMILES string of the molecule is CCCCCCCCCCC#CC#C[O]. The molecule has 0 aliphatic rings. The largest absolute Gasteiger partial charge is 0.223 e. The second-order valence-corrected chi connectivity index (χ2v) is 3.75. The average Bonchev–Trinajstić information content (AvgIpc) is 2.26. The lowest BCUT2D eigenvalue weighted by molar-refractivity contribution is 0.392. The predicted molar refractivity (Wildman–Crippen MR) is 63.5 cm³/mol. The van der Waals surface area contributed by atoms with E-state index in [9.17, 15) is 5.11 Å². The maximum atomic E-state index is 9.73. The van der Waals surface area contributed by atoms with E-state index < -0.39 is 0 Å². The van der Waals surface area contributed by atoms with Gasteiger partial charge in [0.05, 0.1) is 0 Å². The second kappa shape index (κ2) is 12.9. The van der Waals surface area contributed by atoms with Crippen molar-refractivity contribution in [2.24, 2.45) is 0 Å². The van der Waals surface area contributed by atoms with Crippen LogP contribution in [0.25, 0.3) is 0 Å². The number of rotatable bonds is 8. The zero-order valence-corrected chi connectivity index (χ0v) is 9.77. The average molecular weight is 205 g/mol. The molecule has 1 heteroatoms. The Bertz CT molecular complexity index is 234. The molecular weight excluding hydrogens is 184 g/mol. The molecule has 1 nitrogen and oxygen atoms in total. The normalized spacial score (nSPS) is 8.60. The molecule has 0 unspecified atom stereocenters. The molecule has 0 rings (SSSR count). The summed E-state index contributed by atoms with van der Waals surface area (Å²) >= 11 is 0. The lowest BCUT2D eigenvalue weighted by atomic mass is 10.1. The van der Waals surface area contributed by atoms with Crippen LogP contribution in [0.15, 0.2) is 0 Å². The van der Waals surface area contributed by atoms with Crippen LogP contribution >= 0.6 is 0 Å². The maximum absolute atomic E-state index is 9.73. The van der Waals surface area contributed by atoms with Crippen molar-refractivity contribution in [2.75, 3.05) is 0 Å². The van der Waals surface area contributed by atoms with Crippen LogP contribution in [-0.2, 0) is 5.11 Å². The Kier molecular flexibility index (Phi) is 12.0. The molecule has 0 aromatic carbocycles. The fourth-order valence-electron chi connectivity index (χ4n) is 1.48. The van der Waals surface area contributed by atoms with E-state index in [1.54, 1.807) is 0 Å². The van der Waals surface area contributed by atoms with Crippen molar-refractivity contribution in [2.45, 2.75) is 64.7 Å². The molecule has 1 radical (unpaired) electrons. The van der Waals surface area contributed by atoms with Gasteiger partial charge in [-0.3, -0.25) is 0 Å². The van der Waals surface area contributed by atoms with E-state index in [0.717, 1.165) is 12.8 Å². The van der Waals surface area contributed by atoms with Gasteiger partial charge < -0.3 is 0 Å². The van der Waals surface area contributed by atoms with E-state index in [2.05, 4.69) is 24.7 Å². The molecule has 0 heterocycles. The van der Waals surface area contributed by atoms with Crippen LogP contribution in [0.2, 0.25) is 0 Å². The first-order chi connectivity index (χ1) is 7.41. The van der Waals surface area contributed by atoms with Gasteiger partial charge >= 0.3 is 0 Å². The van der Waals surface area contributed by atoms with Crippen LogP contribution in [-0.4, -0.2) is 0 Å². The first kappa shape index (κ1) is 13.9. The van der Waals surface area contributed by atoms with Crippen molar-refractivity contribution >= 4 is 0 Å². The monoisotopic (exact) mass is 205 g/mol. The Morgan fingerprint density at radius 1 is 0.800 bits per heavy atom. The Morgan fingerprint density at radius 2 is 1.40 bits per heavy atom. The van der Waals surface area contributed by atoms with Crippen LogP contribution in [0, 0.1) is 23.9 Å². The Morgan fingerprint density at radius 3 is 2.00 bits per heavy atom. The molecule has 0 aliphatic heterocycles. The summed E-state index contributed by atoms with van der Waals surface area (Å²) in [6, 6.07) is 0. The summed E-state index contributed by atoms with van der Waals surface area (Å²) in [6.45, 7) is 2.24. The molecule has 0 amide bonds. The summed E-state index contributed by atoms with van der Waals surface area (Å²) in [5, 5.41) is 9.73. The van der Waals surface area contributed by atoms with Crippen molar-refractivity contribution in [3.8, 4) is 23.9 Å². The Hall–Kier alpha value is -1.08. The van der Waals surface area contributed by atoms with E-state index in [-0.39, 0.29) is 0 Å². The topological polar surface area (TPSA) is 19.9 Å². The fraction of sp³-hybridized carbons (Fsp3) is 0.714. The van der Waals surface area contributed by atoms with Crippen molar-refractivity contribution in [1.29, 1.82) is 0 Å². The molecular formula is C14H21O. The summed E-state index contributed by atoms with van der Waals surface area (Å²) in [7, 11) is 0. The Labute approximate surface area is 94.3 Å². The first-order valence-corrected chi connectivity index (χ1v) is 6.01. The van der Waals surface area contributed by atoms with Gasteiger partial charge in [-0.15, -0.1) is 0 Å². The highest BCUT2D eigenvalue weighted by molar-refractivity contribution is 5.23. The molecule has 0 bridgehead atoms. The molecule has 0 aromatic heterocycles. The summed E-state index contributed by atoms with van der Waals surface area (Å²) in [4.78, 5) is 0. The second-order valence-electron chi connectivity index (χ2n) is 3.75. The molecule has 0 aliphatic carbocycles. The quantitative estimate of drug-likeness (QED) is 0.423. The third-order valence-corrected chi connectivity index (χ3v) is 2.36. The highest BCUT2D eigenvalue weighted by Crippen LogP contribution is 2.08. The standard InChI is InChI=1S/C14H21O/c1-2-3-4-5-6-7-8-9-10-11-12-13-14-15/h2-10H2,1H3. The minimum Gasteiger partial charge on any atom is -0.223 e. The van der Waals surface area contributed by atoms with Crippen molar-refractivity contribution in [3.05, 3.63) is 0 Å². The number of hydrogen-bond donors (Lipinski definition) is 0. The zero-order chi connectivity index (χ0) is 11.2. The van der Waals surface area contributed by atoms with E-state index in [1.165, 1.54) is 51.1 Å². The van der Waals surface area contributed by atoms with E-state index in [4.69, 9.17) is 0 Å². The maximum Gasteiger partial charge on any atom is 0.186 e. The van der Waals surface area contributed by atoms with Gasteiger partial charge in [0.1, 0.15) is 0 Å². The summed E-state index contributed by atoms with van der Waals surface area (Å²) in [5.74, 6) is 7.61. The lowest BCUT2D eigenvalue weighted by Gasteiger charge is -1.98. The smallest absolute Gasteiger partial charge is 0.186 e. The zero-order valence-electron chi connectivity index (χ0n) is 9.77. The Balaban J connectivity index is 3.05. The van der Waals surface area contributed by atoms with Gasteiger partial charge in [0.25, 0.3) is 0 Å². The van der Waals surface area contributed by atoms with Crippen LogP contribution in [0.5, 0.6) is 0 Å². The third-order valence-electron chi connectivity index (χ3n) is 2.36. The molecule has 0 saturated heterocycles. The fourth-order valence-corrected chi connectivity index (χ4v) is 1.48. The van der Waals surface area contributed by atoms with Gasteiger partial charge in [-0.05, 0) is 12.3 Å². The molecule has 0 spiro atoms. The summed E-state index contributed by atoms with van der Waals surface area (Å²) in [5.41, 5.74) is 0. The minimum absolute atomic E-state index is 0.879. The highest BCUT2D eigenvalue weighted by Gasteiger charge is 1.89. The van der Waals surface area contributed by atoms with Crippen molar-refractivity contribution in [3.63, 3.8) is 0 Å². The molecule has 0 fully saturated rings. The first-order valence-electron chi connectivity index (χ1n) is 6.01. The number of hydrogen-bond acceptors (Lipinski definition) is 0. The highest BCUT2D eigenvalue weighted by atomic mass is 16.2. The molecule has 0 N–H and O–H groups in total. The molecule has 15 heavy (non-hydrogen) atoms. The van der Waals surface area contributed by atoms with Crippen LogP contribution in [0.3, 0.4) is 0 Å². The van der Waals surface area contributed by atoms with Gasteiger partial charge in [0, 0.05) is 12.3 Å². The van der Waals surface area contributed by atoms with E-state index in [1.807, 2.05) is 0 Å². The van der Waals surface area contributed by atoms with Gasteiger partial charge in [-0.25, -0.2) is 5.11 Å². The van der Waals surface area contributed by atoms with Crippen molar-refractivity contribution in [1.82, 2.24) is 0 Å². The van der Waals surface area contributed by atoms with Gasteiger partial charge in [-0.2, -0.15) is 0 Å². The predicted octanol–water partition coefficient (Wildman–Crippen LogP) is 3.91. The molecule has 0 aromatic rings. The molecule has 83 valence electrons. The van der Waals surface area contributed by atoms with Gasteiger partial charge in [-0.1, -0.05) is 57.8 Å². The van der Waals surface area contributed by atoms with Crippen molar-refractivity contribution < 1.29 is 5.11 Å². The van der Waals surface area contributed by atoms with Crippen LogP contribution in [0.4, 0.5) is 0 Å². The number of unbranched alkanes of at least 4 members (excludes halogenated alkanes) is 8. The van der Waals surface area contributed by atoms with Crippen LogP contribution in [0.1, 0.15) is 64.7 Å². The van der Waals surface area contributed by atoms with Crippen LogP contribution < -0.4 is 0 Å². The van der Waals surface area contributed by atoms with Gasteiger partial charge in [0.15, 0.2) is 6.11 Å². The molecule has 0 saturated carbocycles. The third kappa shape index (κ3) is 12.9. The van der Waals surface area contributed by atoms with E-state index in [0.29, 0.717) is 0 Å². The van der Waals surface area contributed by atoms with E-state index >= 15 is 0 Å². The summed E-state index contributed by atoms with van der Waals surface area (Å²) in [6.07, 6.45) is 12.9. The van der Waals surface area contributed by atoms with Gasteiger partial charge in [0.2, 0.25) is 0 Å². The minimum atomic E-state index is 0.879. The molecule has 0 atom stereocenters. The lowest BCUT2D eigenvalue weighted by Crippen LogP contribution is -1.79. The summed E-state index contributed by atoms with van der Waals surface area (Å²) < 4.78 is 0.